The van der Waals surface area contributed by atoms with Gasteiger partial charge in [0.15, 0.2) is 0 Å². The van der Waals surface area contributed by atoms with Crippen molar-refractivity contribution in [3.63, 3.8) is 0 Å². The molecule has 140 valence electrons. The van der Waals surface area contributed by atoms with E-state index in [1.54, 1.807) is 0 Å². The number of aromatic amines is 1. The summed E-state index contributed by atoms with van der Waals surface area (Å²) in [5, 5.41) is 13.1. The number of ether oxygens (including phenoxy) is 1. The van der Waals surface area contributed by atoms with E-state index in [2.05, 4.69) is 20.8 Å². The van der Waals surface area contributed by atoms with Gasteiger partial charge in [0.1, 0.15) is 0 Å². The lowest BCUT2D eigenvalue weighted by molar-refractivity contribution is 0.0411. The smallest absolute Gasteiger partial charge is 0.315 e. The van der Waals surface area contributed by atoms with Crippen molar-refractivity contribution in [1.29, 1.82) is 0 Å². The molecule has 0 saturated heterocycles. The van der Waals surface area contributed by atoms with Gasteiger partial charge in [0, 0.05) is 13.2 Å². The number of amides is 2. The Balaban J connectivity index is 1.25. The first-order valence-corrected chi connectivity index (χ1v) is 10.0. The highest BCUT2D eigenvalue weighted by Gasteiger charge is 2.23. The molecule has 0 spiro atoms. The van der Waals surface area contributed by atoms with Crippen LogP contribution in [-0.2, 0) is 11.2 Å². The summed E-state index contributed by atoms with van der Waals surface area (Å²) in [4.78, 5) is 12.1. The van der Waals surface area contributed by atoms with Gasteiger partial charge in [0.25, 0.3) is 0 Å². The van der Waals surface area contributed by atoms with Crippen LogP contribution in [-0.4, -0.2) is 35.5 Å². The molecule has 0 unspecified atom stereocenters. The molecule has 1 aromatic heterocycles. The van der Waals surface area contributed by atoms with Crippen molar-refractivity contribution >= 4 is 6.03 Å². The van der Waals surface area contributed by atoms with Gasteiger partial charge in [-0.3, -0.25) is 5.10 Å². The number of carbonyl (C=O) groups excluding carboxylic acids is 1. The fourth-order valence-corrected chi connectivity index (χ4v) is 3.90. The van der Waals surface area contributed by atoms with Gasteiger partial charge in [0.2, 0.25) is 0 Å². The summed E-state index contributed by atoms with van der Waals surface area (Å²) in [6.45, 7) is 1.51. The van der Waals surface area contributed by atoms with Crippen molar-refractivity contribution < 1.29 is 9.53 Å². The Morgan fingerprint density at radius 1 is 1.16 bits per heavy atom. The lowest BCUT2D eigenvalue weighted by atomic mass is 9.94. The normalized spacial score (nSPS) is 21.4. The molecule has 0 aliphatic heterocycles. The van der Waals surface area contributed by atoms with Crippen molar-refractivity contribution in [2.24, 2.45) is 0 Å². The average Bonchev–Trinajstić information content (AvgIpc) is 2.95. The third-order valence-electron chi connectivity index (χ3n) is 5.36. The minimum atomic E-state index is -0.0860. The number of unbranched alkanes of at least 4 members (excludes halogenated alkanes) is 1. The number of urea groups is 1. The summed E-state index contributed by atoms with van der Waals surface area (Å²) < 4.78 is 5.98. The molecule has 2 aliphatic carbocycles. The van der Waals surface area contributed by atoms with E-state index in [1.807, 2.05) is 6.20 Å². The summed E-state index contributed by atoms with van der Waals surface area (Å²) in [5.74, 6) is 0. The molecule has 1 atom stereocenters. The maximum absolute atomic E-state index is 12.1. The zero-order valence-electron chi connectivity index (χ0n) is 15.2. The minimum Gasteiger partial charge on any atom is -0.378 e. The molecule has 25 heavy (non-hydrogen) atoms. The van der Waals surface area contributed by atoms with E-state index in [1.165, 1.54) is 44.1 Å². The van der Waals surface area contributed by atoms with Gasteiger partial charge < -0.3 is 15.4 Å². The Bertz CT molecular complexity index is 523. The number of hydrogen-bond acceptors (Lipinski definition) is 3. The number of nitrogens with one attached hydrogen (secondary N) is 3. The molecule has 1 fully saturated rings. The van der Waals surface area contributed by atoms with Gasteiger partial charge >= 0.3 is 6.03 Å². The van der Waals surface area contributed by atoms with E-state index in [4.69, 9.17) is 4.74 Å². The van der Waals surface area contributed by atoms with Crippen LogP contribution in [0.25, 0.3) is 0 Å². The summed E-state index contributed by atoms with van der Waals surface area (Å²) in [6, 6.07) is -0.0260. The molecular formula is C19H32N4O2. The number of aromatic nitrogens is 2. The van der Waals surface area contributed by atoms with Crippen LogP contribution in [0.2, 0.25) is 0 Å². The monoisotopic (exact) mass is 348 g/mol. The summed E-state index contributed by atoms with van der Waals surface area (Å²) in [5.41, 5.74) is 2.30. The molecule has 3 rings (SSSR count). The van der Waals surface area contributed by atoms with Gasteiger partial charge in [-0.05, 0) is 50.5 Å². The second-order valence-corrected chi connectivity index (χ2v) is 7.35. The van der Waals surface area contributed by atoms with Crippen LogP contribution < -0.4 is 10.6 Å². The Morgan fingerprint density at radius 2 is 2.00 bits per heavy atom. The average molecular weight is 348 g/mol. The van der Waals surface area contributed by atoms with Gasteiger partial charge in [-0.2, -0.15) is 5.10 Å². The SMILES string of the molecule is O=C(NCCCCOC1CCCCCC1)N[C@@H]1CCCc2cn[nH]c21. The van der Waals surface area contributed by atoms with Crippen molar-refractivity contribution in [3.8, 4) is 0 Å². The molecule has 1 heterocycles. The largest absolute Gasteiger partial charge is 0.378 e. The predicted molar refractivity (Wildman–Crippen MR) is 97.5 cm³/mol. The molecule has 0 aromatic carbocycles. The second-order valence-electron chi connectivity index (χ2n) is 7.35. The number of nitrogens with zero attached hydrogens (tertiary/aromatic N) is 1. The van der Waals surface area contributed by atoms with Crippen LogP contribution in [0.4, 0.5) is 4.79 Å². The molecule has 2 aliphatic rings. The van der Waals surface area contributed by atoms with Crippen LogP contribution in [0.15, 0.2) is 6.20 Å². The summed E-state index contributed by atoms with van der Waals surface area (Å²) in [7, 11) is 0. The molecule has 6 heteroatoms. The van der Waals surface area contributed by atoms with Crippen molar-refractivity contribution in [2.45, 2.75) is 82.8 Å². The summed E-state index contributed by atoms with van der Waals surface area (Å²) in [6.07, 6.45) is 15.2. The number of aryl methyl sites for hydroxylation is 1. The first-order valence-electron chi connectivity index (χ1n) is 10.0. The van der Waals surface area contributed by atoms with Gasteiger partial charge in [0.05, 0.1) is 24.0 Å². The van der Waals surface area contributed by atoms with E-state index < -0.39 is 0 Å². The number of fused-ring (bicyclic) bond motifs is 1. The fraction of sp³-hybridized carbons (Fsp3) is 0.789. The van der Waals surface area contributed by atoms with E-state index in [9.17, 15) is 4.79 Å². The van der Waals surface area contributed by atoms with E-state index in [0.717, 1.165) is 44.4 Å². The minimum absolute atomic E-state index is 0.0600. The van der Waals surface area contributed by atoms with Crippen molar-refractivity contribution in [2.75, 3.05) is 13.2 Å². The van der Waals surface area contributed by atoms with E-state index in [-0.39, 0.29) is 12.1 Å². The van der Waals surface area contributed by atoms with Crippen LogP contribution in [0.1, 0.15) is 81.5 Å². The van der Waals surface area contributed by atoms with Crippen molar-refractivity contribution in [1.82, 2.24) is 20.8 Å². The quantitative estimate of drug-likeness (QED) is 0.520. The van der Waals surface area contributed by atoms with E-state index in [0.29, 0.717) is 12.6 Å². The molecule has 0 radical (unpaired) electrons. The van der Waals surface area contributed by atoms with E-state index >= 15 is 0 Å². The Kier molecular flexibility index (Phi) is 7.15. The zero-order valence-corrected chi connectivity index (χ0v) is 15.2. The van der Waals surface area contributed by atoms with Gasteiger partial charge in [-0.15, -0.1) is 0 Å². The van der Waals surface area contributed by atoms with Crippen LogP contribution in [0, 0.1) is 0 Å². The second kappa shape index (κ2) is 9.80. The Labute approximate surface area is 150 Å². The predicted octanol–water partition coefficient (Wildman–Crippen LogP) is 3.61. The topological polar surface area (TPSA) is 79.0 Å². The standard InChI is InChI=1S/C19H32N4O2/c24-19(22-17-11-7-8-15-14-21-23-18(15)17)20-12-5-6-13-25-16-9-3-1-2-4-10-16/h14,16-17H,1-13H2,(H,21,23)(H2,20,22,24)/t17-/m1/s1. The Morgan fingerprint density at radius 3 is 2.84 bits per heavy atom. The van der Waals surface area contributed by atoms with Crippen LogP contribution >= 0.6 is 0 Å². The Hall–Kier alpha value is -1.56. The first-order chi connectivity index (χ1) is 12.3. The highest BCUT2D eigenvalue weighted by molar-refractivity contribution is 5.74. The molecule has 1 aromatic rings. The number of carbonyl (C=O) groups is 1. The van der Waals surface area contributed by atoms with Crippen LogP contribution in [0.3, 0.4) is 0 Å². The highest BCUT2D eigenvalue weighted by Crippen LogP contribution is 2.27. The molecule has 3 N–H and O–H groups in total. The maximum atomic E-state index is 12.1. The molecule has 6 nitrogen and oxygen atoms in total. The molecule has 2 amide bonds. The number of hydrogen-bond donors (Lipinski definition) is 3. The van der Waals surface area contributed by atoms with Crippen LogP contribution in [0.5, 0.6) is 0 Å². The molecular weight excluding hydrogens is 316 g/mol. The zero-order chi connectivity index (χ0) is 17.3. The first kappa shape index (κ1) is 18.2. The van der Waals surface area contributed by atoms with Crippen molar-refractivity contribution in [3.05, 3.63) is 17.5 Å². The van der Waals surface area contributed by atoms with Gasteiger partial charge in [-0.1, -0.05) is 25.7 Å². The number of rotatable bonds is 7. The molecule has 0 bridgehead atoms. The third kappa shape index (κ3) is 5.73. The number of H-pyrrole nitrogens is 1. The van der Waals surface area contributed by atoms with Gasteiger partial charge in [-0.25, -0.2) is 4.79 Å². The third-order valence-corrected chi connectivity index (χ3v) is 5.36. The maximum Gasteiger partial charge on any atom is 0.315 e. The highest BCUT2D eigenvalue weighted by atomic mass is 16.5. The lowest BCUT2D eigenvalue weighted by Gasteiger charge is -2.23. The molecule has 1 saturated carbocycles. The summed E-state index contributed by atoms with van der Waals surface area (Å²) >= 11 is 0. The fourth-order valence-electron chi connectivity index (χ4n) is 3.90. The lowest BCUT2D eigenvalue weighted by Crippen LogP contribution is -2.39.